The number of piperazine rings is 1. The van der Waals surface area contributed by atoms with Gasteiger partial charge >= 0.3 is 5.97 Å². The molecule has 1 amide bonds. The van der Waals surface area contributed by atoms with Crippen molar-refractivity contribution in [2.24, 2.45) is 0 Å². The number of benzene rings is 2. The van der Waals surface area contributed by atoms with Crippen LogP contribution in [-0.4, -0.2) is 60.6 Å². The summed E-state index contributed by atoms with van der Waals surface area (Å²) < 4.78 is 19.1. The predicted molar refractivity (Wildman–Crippen MR) is 132 cm³/mol. The Kier molecular flexibility index (Phi) is 6.88. The Morgan fingerprint density at radius 1 is 1.15 bits per heavy atom. The van der Waals surface area contributed by atoms with Crippen LogP contribution in [0.1, 0.15) is 35.5 Å². The van der Waals surface area contributed by atoms with Gasteiger partial charge in [-0.15, -0.1) is 0 Å². The molecule has 1 aliphatic rings. The first-order chi connectivity index (χ1) is 16.3. The number of aromatic amines is 1. The zero-order chi connectivity index (χ0) is 24.4. The van der Waals surface area contributed by atoms with Gasteiger partial charge in [-0.2, -0.15) is 0 Å². The largest absolute Gasteiger partial charge is 0.461 e. The van der Waals surface area contributed by atoms with E-state index >= 15 is 0 Å². The number of aromatic nitrogens is 1. The molecule has 7 nitrogen and oxygen atoms in total. The first-order valence-electron chi connectivity index (χ1n) is 11.6. The van der Waals surface area contributed by atoms with E-state index < -0.39 is 17.8 Å². The molecule has 4 rings (SSSR count). The summed E-state index contributed by atoms with van der Waals surface area (Å²) in [5, 5.41) is 3.30. The van der Waals surface area contributed by atoms with E-state index in [9.17, 15) is 14.0 Å². The van der Waals surface area contributed by atoms with Gasteiger partial charge in [-0.1, -0.05) is 12.1 Å². The third kappa shape index (κ3) is 4.63. The van der Waals surface area contributed by atoms with Crippen LogP contribution in [0.4, 0.5) is 15.8 Å². The summed E-state index contributed by atoms with van der Waals surface area (Å²) in [5.74, 6) is -1.30. The van der Waals surface area contributed by atoms with Gasteiger partial charge < -0.3 is 19.9 Å². The molecular formula is C26H31FN4O3. The number of H-pyrrole nitrogens is 1. The van der Waals surface area contributed by atoms with E-state index in [1.165, 1.54) is 28.9 Å². The van der Waals surface area contributed by atoms with Crippen LogP contribution in [-0.2, 0) is 9.53 Å². The number of anilines is 2. The minimum absolute atomic E-state index is 0.114. The Morgan fingerprint density at radius 3 is 2.59 bits per heavy atom. The van der Waals surface area contributed by atoms with E-state index in [2.05, 4.69) is 52.1 Å². The molecule has 34 heavy (non-hydrogen) atoms. The number of rotatable bonds is 6. The lowest BCUT2D eigenvalue weighted by Crippen LogP contribution is -2.53. The van der Waals surface area contributed by atoms with E-state index in [0.717, 1.165) is 26.2 Å². The second kappa shape index (κ2) is 9.85. The summed E-state index contributed by atoms with van der Waals surface area (Å²) in [6, 6.07) is 10.1. The summed E-state index contributed by atoms with van der Waals surface area (Å²) in [6.45, 7) is 11.1. The van der Waals surface area contributed by atoms with Crippen LogP contribution >= 0.6 is 0 Å². The summed E-state index contributed by atoms with van der Waals surface area (Å²) in [5.41, 5.74) is 4.69. The molecule has 2 heterocycles. The van der Waals surface area contributed by atoms with Gasteiger partial charge in [0.2, 0.25) is 5.91 Å². The normalized spacial score (nSPS) is 15.4. The first-order valence-corrected chi connectivity index (χ1v) is 11.6. The monoisotopic (exact) mass is 466 g/mol. The Bertz CT molecular complexity index is 1210. The zero-order valence-corrected chi connectivity index (χ0v) is 20.1. The fourth-order valence-electron chi connectivity index (χ4n) is 4.47. The average Bonchev–Trinajstić information content (AvgIpc) is 3.18. The Hall–Kier alpha value is -3.39. The van der Waals surface area contributed by atoms with Gasteiger partial charge in [0.15, 0.2) is 0 Å². The van der Waals surface area contributed by atoms with E-state index in [0.29, 0.717) is 10.9 Å². The number of aryl methyl sites for hydroxylation is 1. The molecule has 0 saturated carbocycles. The fourth-order valence-corrected chi connectivity index (χ4v) is 4.47. The van der Waals surface area contributed by atoms with Crippen LogP contribution < -0.4 is 10.2 Å². The molecule has 1 fully saturated rings. The van der Waals surface area contributed by atoms with Crippen LogP contribution in [0, 0.1) is 19.7 Å². The van der Waals surface area contributed by atoms with Crippen molar-refractivity contribution in [2.45, 2.75) is 33.7 Å². The molecule has 0 aliphatic carbocycles. The zero-order valence-electron chi connectivity index (χ0n) is 20.1. The number of nitrogens with zero attached hydrogens (tertiary/aromatic N) is 2. The molecule has 3 aromatic rings. The van der Waals surface area contributed by atoms with Crippen molar-refractivity contribution in [3.05, 3.63) is 59.0 Å². The van der Waals surface area contributed by atoms with Gasteiger partial charge in [0, 0.05) is 42.8 Å². The topological polar surface area (TPSA) is 77.7 Å². The fraction of sp³-hybridized carbons (Fsp3) is 0.385. The lowest BCUT2D eigenvalue weighted by atomic mass is 10.1. The van der Waals surface area contributed by atoms with E-state index in [1.807, 2.05) is 6.92 Å². The number of esters is 1. The first kappa shape index (κ1) is 23.8. The van der Waals surface area contributed by atoms with Crippen molar-refractivity contribution < 1.29 is 18.7 Å². The highest BCUT2D eigenvalue weighted by Gasteiger charge is 2.28. The van der Waals surface area contributed by atoms with Gasteiger partial charge in [-0.25, -0.2) is 9.18 Å². The maximum atomic E-state index is 13.9. The maximum absolute atomic E-state index is 13.9. The lowest BCUT2D eigenvalue weighted by Gasteiger charge is -2.39. The van der Waals surface area contributed by atoms with Crippen LogP contribution in [0.2, 0.25) is 0 Å². The van der Waals surface area contributed by atoms with E-state index in [-0.39, 0.29) is 23.9 Å². The lowest BCUT2D eigenvalue weighted by molar-refractivity contribution is -0.120. The summed E-state index contributed by atoms with van der Waals surface area (Å²) in [6.07, 6.45) is 0. The number of ether oxygens (including phenoxy) is 1. The molecule has 1 aliphatic heterocycles. The summed E-state index contributed by atoms with van der Waals surface area (Å²) in [7, 11) is 0. The number of carbonyl (C=O) groups excluding carboxylic acids is 2. The quantitative estimate of drug-likeness (QED) is 0.531. The predicted octanol–water partition coefficient (Wildman–Crippen LogP) is 4.25. The number of halogens is 1. The number of amides is 1. The average molecular weight is 467 g/mol. The van der Waals surface area contributed by atoms with Crippen molar-refractivity contribution in [1.29, 1.82) is 0 Å². The molecule has 0 radical (unpaired) electrons. The summed E-state index contributed by atoms with van der Waals surface area (Å²) >= 11 is 0. The van der Waals surface area contributed by atoms with Crippen LogP contribution in [0.5, 0.6) is 0 Å². The van der Waals surface area contributed by atoms with Gasteiger partial charge in [-0.3, -0.25) is 9.69 Å². The second-order valence-electron chi connectivity index (χ2n) is 8.69. The number of hydrogen-bond acceptors (Lipinski definition) is 5. The van der Waals surface area contributed by atoms with E-state index in [4.69, 9.17) is 4.74 Å². The van der Waals surface area contributed by atoms with Crippen molar-refractivity contribution in [3.8, 4) is 0 Å². The number of nitrogens with one attached hydrogen (secondary N) is 2. The third-order valence-electron chi connectivity index (χ3n) is 6.65. The number of fused-ring (bicyclic) bond motifs is 1. The van der Waals surface area contributed by atoms with Crippen molar-refractivity contribution >= 4 is 34.2 Å². The standard InChI is InChI=1S/C26H31FN4O3/c1-5-34-26(33)24-23(20-15-19(27)9-10-21(20)28-24)29-25(32)18(4)30-11-13-31(14-12-30)22-8-6-7-16(2)17(22)3/h6-10,15,18,28H,5,11-14H2,1-4H3,(H,29,32). The van der Waals surface area contributed by atoms with Crippen LogP contribution in [0.25, 0.3) is 10.9 Å². The molecule has 8 heteroatoms. The minimum Gasteiger partial charge on any atom is -0.461 e. The Balaban J connectivity index is 1.49. The van der Waals surface area contributed by atoms with Crippen molar-refractivity contribution in [2.75, 3.05) is 43.0 Å². The molecule has 0 bridgehead atoms. The molecule has 2 N–H and O–H groups in total. The Morgan fingerprint density at radius 2 is 1.88 bits per heavy atom. The minimum atomic E-state index is -0.593. The smallest absolute Gasteiger partial charge is 0.356 e. The maximum Gasteiger partial charge on any atom is 0.356 e. The van der Waals surface area contributed by atoms with Gasteiger partial charge in [0.1, 0.15) is 11.5 Å². The molecule has 1 aromatic heterocycles. The molecule has 1 atom stereocenters. The molecule has 1 saturated heterocycles. The van der Waals surface area contributed by atoms with Gasteiger partial charge in [0.25, 0.3) is 0 Å². The molecule has 2 aromatic carbocycles. The highest BCUT2D eigenvalue weighted by atomic mass is 19.1. The highest BCUT2D eigenvalue weighted by Crippen LogP contribution is 2.30. The van der Waals surface area contributed by atoms with E-state index in [1.54, 1.807) is 13.0 Å². The summed E-state index contributed by atoms with van der Waals surface area (Å²) in [4.78, 5) is 33.1. The molecular weight excluding hydrogens is 435 g/mol. The van der Waals surface area contributed by atoms with Gasteiger partial charge in [-0.05, 0) is 63.1 Å². The molecule has 1 unspecified atom stereocenters. The third-order valence-corrected chi connectivity index (χ3v) is 6.65. The highest BCUT2D eigenvalue weighted by molar-refractivity contribution is 6.11. The molecule has 0 spiro atoms. The number of carbonyl (C=O) groups is 2. The molecule has 180 valence electrons. The second-order valence-corrected chi connectivity index (χ2v) is 8.69. The van der Waals surface area contributed by atoms with Crippen LogP contribution in [0.3, 0.4) is 0 Å². The Labute approximate surface area is 198 Å². The van der Waals surface area contributed by atoms with Crippen molar-refractivity contribution in [3.63, 3.8) is 0 Å². The SMILES string of the molecule is CCOC(=O)c1[nH]c2ccc(F)cc2c1NC(=O)C(C)N1CCN(c2cccc(C)c2C)CC1. The van der Waals surface area contributed by atoms with Gasteiger partial charge in [0.05, 0.1) is 18.3 Å². The number of hydrogen-bond donors (Lipinski definition) is 2. The van der Waals surface area contributed by atoms with Crippen LogP contribution in [0.15, 0.2) is 36.4 Å². The van der Waals surface area contributed by atoms with Crippen molar-refractivity contribution in [1.82, 2.24) is 9.88 Å².